The maximum Gasteiger partial charge on any atom is 0.418 e. The Morgan fingerprint density at radius 1 is 0.917 bits per heavy atom. The van der Waals surface area contributed by atoms with Gasteiger partial charge in [-0.15, -0.1) is 0 Å². The monoisotopic (exact) mass is 498 g/mol. The molecule has 0 unspecified atom stereocenters. The average Bonchev–Trinajstić information content (AvgIpc) is 2.83. The van der Waals surface area contributed by atoms with Gasteiger partial charge in [0.15, 0.2) is 6.61 Å². The number of ether oxygens (including phenoxy) is 1. The number of para-hydroxylation sites is 2. The van der Waals surface area contributed by atoms with Crippen LogP contribution in [0.25, 0.3) is 0 Å². The van der Waals surface area contributed by atoms with E-state index >= 15 is 0 Å². The minimum absolute atomic E-state index is 0.180. The fraction of sp³-hybridized carbons (Fsp3) is 0.120. The summed E-state index contributed by atoms with van der Waals surface area (Å²) in [6, 6.07) is 17.8. The Balaban J connectivity index is 1.57. The second kappa shape index (κ2) is 11.6. The van der Waals surface area contributed by atoms with E-state index in [9.17, 15) is 27.6 Å². The van der Waals surface area contributed by atoms with E-state index in [1.165, 1.54) is 24.4 Å². The smallest absolute Gasteiger partial charge is 0.418 e. The van der Waals surface area contributed by atoms with Crippen molar-refractivity contribution in [1.82, 2.24) is 5.43 Å². The molecule has 3 rings (SSSR count). The number of anilines is 2. The van der Waals surface area contributed by atoms with Gasteiger partial charge in [0.1, 0.15) is 5.75 Å². The van der Waals surface area contributed by atoms with Gasteiger partial charge in [0.2, 0.25) is 0 Å². The SMILES string of the molecule is Cc1cccc(NC(=O)C(=O)N/N=C\c2ccccc2OCC(=O)Nc2ccccc2C(F)(F)F)c1. The van der Waals surface area contributed by atoms with E-state index in [0.717, 1.165) is 17.7 Å². The molecule has 36 heavy (non-hydrogen) atoms. The number of hydrogen-bond donors (Lipinski definition) is 3. The van der Waals surface area contributed by atoms with Crippen LogP contribution in [0.1, 0.15) is 16.7 Å². The lowest BCUT2D eigenvalue weighted by Gasteiger charge is -2.14. The molecular weight excluding hydrogens is 477 g/mol. The zero-order valence-electron chi connectivity index (χ0n) is 18.9. The molecule has 186 valence electrons. The first-order valence-electron chi connectivity index (χ1n) is 10.5. The maximum absolute atomic E-state index is 13.1. The summed E-state index contributed by atoms with van der Waals surface area (Å²) in [5, 5.41) is 8.35. The number of alkyl halides is 3. The molecule has 0 aromatic heterocycles. The molecule has 3 aromatic carbocycles. The van der Waals surface area contributed by atoms with Crippen molar-refractivity contribution in [2.45, 2.75) is 13.1 Å². The van der Waals surface area contributed by atoms with Crippen LogP contribution in [0, 0.1) is 6.92 Å². The molecule has 0 spiro atoms. The second-order valence-corrected chi connectivity index (χ2v) is 7.44. The third-order valence-corrected chi connectivity index (χ3v) is 4.64. The number of halogens is 3. The Labute approximate surface area is 204 Å². The van der Waals surface area contributed by atoms with Crippen molar-refractivity contribution in [2.75, 3.05) is 17.2 Å². The van der Waals surface area contributed by atoms with E-state index in [4.69, 9.17) is 4.74 Å². The Bertz CT molecular complexity index is 1290. The van der Waals surface area contributed by atoms with Gasteiger partial charge in [-0.1, -0.05) is 36.4 Å². The summed E-state index contributed by atoms with van der Waals surface area (Å²) < 4.78 is 44.7. The Morgan fingerprint density at radius 3 is 2.39 bits per heavy atom. The lowest BCUT2D eigenvalue weighted by atomic mass is 10.1. The molecule has 3 N–H and O–H groups in total. The standard InChI is InChI=1S/C25H21F3N4O4/c1-16-7-6-9-18(13-16)30-23(34)24(35)32-29-14-17-8-2-5-12-21(17)36-15-22(33)31-20-11-4-3-10-19(20)25(26,27)28/h2-14H,15H2,1H3,(H,30,34)(H,31,33)(H,32,35)/b29-14-. The molecule has 0 aliphatic carbocycles. The zero-order chi connectivity index (χ0) is 26.1. The summed E-state index contributed by atoms with van der Waals surface area (Å²) in [4.78, 5) is 36.2. The predicted molar refractivity (Wildman–Crippen MR) is 128 cm³/mol. The third-order valence-electron chi connectivity index (χ3n) is 4.64. The van der Waals surface area contributed by atoms with E-state index in [1.54, 1.807) is 36.4 Å². The molecule has 3 amide bonds. The number of aryl methyl sites for hydroxylation is 1. The summed E-state index contributed by atoms with van der Waals surface area (Å²) >= 11 is 0. The number of amides is 3. The summed E-state index contributed by atoms with van der Waals surface area (Å²) in [5.41, 5.74) is 2.42. The fourth-order valence-corrected chi connectivity index (χ4v) is 3.01. The van der Waals surface area contributed by atoms with Crippen molar-refractivity contribution in [3.8, 4) is 5.75 Å². The molecule has 0 heterocycles. The fourth-order valence-electron chi connectivity index (χ4n) is 3.01. The molecule has 0 bridgehead atoms. The van der Waals surface area contributed by atoms with Crippen LogP contribution in [0.15, 0.2) is 77.9 Å². The van der Waals surface area contributed by atoms with Crippen LogP contribution in [0.5, 0.6) is 5.75 Å². The van der Waals surface area contributed by atoms with Crippen molar-refractivity contribution in [2.24, 2.45) is 5.10 Å². The number of nitrogens with one attached hydrogen (secondary N) is 3. The van der Waals surface area contributed by atoms with E-state index < -0.39 is 36.1 Å². The van der Waals surface area contributed by atoms with E-state index in [-0.39, 0.29) is 11.4 Å². The number of nitrogens with zero attached hydrogens (tertiary/aromatic N) is 1. The second-order valence-electron chi connectivity index (χ2n) is 7.44. The Morgan fingerprint density at radius 2 is 1.64 bits per heavy atom. The van der Waals surface area contributed by atoms with Crippen molar-refractivity contribution >= 4 is 35.3 Å². The van der Waals surface area contributed by atoms with Crippen LogP contribution in [0.2, 0.25) is 0 Å². The molecule has 8 nitrogen and oxygen atoms in total. The third kappa shape index (κ3) is 7.42. The molecule has 0 aliphatic rings. The Hall–Kier alpha value is -4.67. The van der Waals surface area contributed by atoms with E-state index in [1.807, 2.05) is 13.0 Å². The molecular formula is C25H21F3N4O4. The van der Waals surface area contributed by atoms with Gasteiger partial charge in [-0.05, 0) is 48.9 Å². The molecule has 0 fully saturated rings. The van der Waals surface area contributed by atoms with Crippen LogP contribution in [0.3, 0.4) is 0 Å². The molecule has 0 saturated carbocycles. The molecule has 11 heteroatoms. The van der Waals surface area contributed by atoms with Crippen LogP contribution < -0.4 is 20.8 Å². The zero-order valence-corrected chi connectivity index (χ0v) is 18.9. The normalized spacial score (nSPS) is 11.1. The molecule has 3 aromatic rings. The van der Waals surface area contributed by atoms with Gasteiger partial charge in [-0.2, -0.15) is 18.3 Å². The first kappa shape index (κ1) is 25.9. The van der Waals surface area contributed by atoms with Crippen molar-refractivity contribution in [1.29, 1.82) is 0 Å². The van der Waals surface area contributed by atoms with Gasteiger partial charge >= 0.3 is 18.0 Å². The first-order valence-corrected chi connectivity index (χ1v) is 10.5. The summed E-state index contributed by atoms with van der Waals surface area (Å²) in [6.07, 6.45) is -3.43. The number of carbonyl (C=O) groups excluding carboxylic acids is 3. The van der Waals surface area contributed by atoms with Crippen LogP contribution in [-0.4, -0.2) is 30.5 Å². The van der Waals surface area contributed by atoms with Crippen molar-refractivity contribution in [3.63, 3.8) is 0 Å². The highest BCUT2D eigenvalue weighted by molar-refractivity contribution is 6.39. The largest absolute Gasteiger partial charge is 0.483 e. The minimum atomic E-state index is -4.63. The number of hydrogen-bond acceptors (Lipinski definition) is 5. The van der Waals surface area contributed by atoms with Gasteiger partial charge in [0.25, 0.3) is 5.91 Å². The lowest BCUT2D eigenvalue weighted by Crippen LogP contribution is -2.32. The topological polar surface area (TPSA) is 109 Å². The van der Waals surface area contributed by atoms with Gasteiger partial charge < -0.3 is 15.4 Å². The minimum Gasteiger partial charge on any atom is -0.483 e. The van der Waals surface area contributed by atoms with Gasteiger partial charge in [0, 0.05) is 11.3 Å². The van der Waals surface area contributed by atoms with Crippen molar-refractivity contribution < 1.29 is 32.3 Å². The molecule has 0 atom stereocenters. The lowest BCUT2D eigenvalue weighted by molar-refractivity contribution is -0.137. The summed E-state index contributed by atoms with van der Waals surface area (Å²) in [7, 11) is 0. The first-order chi connectivity index (χ1) is 17.1. The average molecular weight is 498 g/mol. The molecule has 0 saturated heterocycles. The van der Waals surface area contributed by atoms with Gasteiger partial charge in [0.05, 0.1) is 17.5 Å². The number of hydrazone groups is 1. The van der Waals surface area contributed by atoms with Crippen LogP contribution in [0.4, 0.5) is 24.5 Å². The number of carbonyl (C=O) groups is 3. The van der Waals surface area contributed by atoms with Gasteiger partial charge in [-0.25, -0.2) is 5.43 Å². The van der Waals surface area contributed by atoms with Crippen molar-refractivity contribution in [3.05, 3.63) is 89.5 Å². The highest BCUT2D eigenvalue weighted by Crippen LogP contribution is 2.34. The van der Waals surface area contributed by atoms with Crippen LogP contribution >= 0.6 is 0 Å². The summed E-state index contributed by atoms with van der Waals surface area (Å²) in [5.74, 6) is -2.55. The molecule has 0 aliphatic heterocycles. The highest BCUT2D eigenvalue weighted by atomic mass is 19.4. The van der Waals surface area contributed by atoms with E-state index in [2.05, 4.69) is 21.2 Å². The highest BCUT2D eigenvalue weighted by Gasteiger charge is 2.33. The Kier molecular flexibility index (Phi) is 8.39. The molecule has 0 radical (unpaired) electrons. The van der Waals surface area contributed by atoms with Crippen LogP contribution in [-0.2, 0) is 20.6 Å². The quantitative estimate of drug-likeness (QED) is 0.259. The summed E-state index contributed by atoms with van der Waals surface area (Å²) in [6.45, 7) is 1.26. The predicted octanol–water partition coefficient (Wildman–Crippen LogP) is 4.12. The number of benzene rings is 3. The van der Waals surface area contributed by atoms with Gasteiger partial charge in [-0.3, -0.25) is 14.4 Å². The van der Waals surface area contributed by atoms with E-state index in [0.29, 0.717) is 11.3 Å². The maximum atomic E-state index is 13.1. The number of rotatable bonds is 7.